The van der Waals surface area contributed by atoms with Gasteiger partial charge in [0.15, 0.2) is 0 Å². The number of nitrogens with two attached hydrogens (primary N) is 2. The van der Waals surface area contributed by atoms with Crippen molar-refractivity contribution in [2.75, 3.05) is 11.5 Å². The van der Waals surface area contributed by atoms with Crippen LogP contribution in [-0.4, -0.2) is 0 Å². The van der Waals surface area contributed by atoms with Gasteiger partial charge in [0.2, 0.25) is 0 Å². The van der Waals surface area contributed by atoms with Gasteiger partial charge < -0.3 is 11.5 Å². The van der Waals surface area contributed by atoms with Crippen LogP contribution in [0.15, 0.2) is 30.3 Å². The van der Waals surface area contributed by atoms with E-state index in [1.54, 1.807) is 0 Å². The number of rotatable bonds is 5. The van der Waals surface area contributed by atoms with Gasteiger partial charge in [0.1, 0.15) is 0 Å². The molecule has 0 aliphatic carbocycles. The van der Waals surface area contributed by atoms with Crippen LogP contribution in [0.5, 0.6) is 0 Å². The summed E-state index contributed by atoms with van der Waals surface area (Å²) >= 11 is 0. The highest BCUT2D eigenvalue weighted by Gasteiger charge is 2.11. The fourth-order valence-corrected chi connectivity index (χ4v) is 2.95. The number of anilines is 2. The van der Waals surface area contributed by atoms with Crippen LogP contribution >= 0.6 is 0 Å². The Balaban J connectivity index is 2.39. The lowest BCUT2D eigenvalue weighted by Crippen LogP contribution is -2.04. The van der Waals surface area contributed by atoms with E-state index in [9.17, 15) is 0 Å². The molecule has 0 bridgehead atoms. The van der Waals surface area contributed by atoms with Crippen molar-refractivity contribution < 1.29 is 0 Å². The molecular formula is C20H28N2. The summed E-state index contributed by atoms with van der Waals surface area (Å²) in [5, 5.41) is 0. The SMILES string of the molecule is CCCc1cc(Cc2ccc(N)c(C)c2)cc(C(C)C)c1N. The van der Waals surface area contributed by atoms with Crippen LogP contribution in [-0.2, 0) is 12.8 Å². The second kappa shape index (κ2) is 6.87. The maximum Gasteiger partial charge on any atom is 0.0381 e. The zero-order valence-corrected chi connectivity index (χ0v) is 14.2. The van der Waals surface area contributed by atoms with Crippen LogP contribution in [0.2, 0.25) is 0 Å². The first-order chi connectivity index (χ1) is 10.4. The summed E-state index contributed by atoms with van der Waals surface area (Å²) in [7, 11) is 0. The van der Waals surface area contributed by atoms with Crippen LogP contribution in [0.1, 0.15) is 60.9 Å². The third-order valence-corrected chi connectivity index (χ3v) is 4.24. The molecule has 2 aromatic rings. The van der Waals surface area contributed by atoms with Crippen molar-refractivity contribution in [2.24, 2.45) is 0 Å². The average Bonchev–Trinajstić information content (AvgIpc) is 2.46. The molecule has 2 heteroatoms. The molecule has 0 saturated heterocycles. The predicted molar refractivity (Wildman–Crippen MR) is 97.3 cm³/mol. The maximum atomic E-state index is 6.36. The van der Waals surface area contributed by atoms with Crippen molar-refractivity contribution in [1.29, 1.82) is 0 Å². The van der Waals surface area contributed by atoms with Crippen molar-refractivity contribution >= 4 is 11.4 Å². The van der Waals surface area contributed by atoms with E-state index in [-0.39, 0.29) is 0 Å². The molecule has 2 rings (SSSR count). The number of aryl methyl sites for hydroxylation is 2. The van der Waals surface area contributed by atoms with Gasteiger partial charge in [-0.25, -0.2) is 0 Å². The highest BCUT2D eigenvalue weighted by molar-refractivity contribution is 5.58. The summed E-state index contributed by atoms with van der Waals surface area (Å²) in [4.78, 5) is 0. The molecule has 0 heterocycles. The summed E-state index contributed by atoms with van der Waals surface area (Å²) in [6, 6.07) is 10.8. The van der Waals surface area contributed by atoms with E-state index in [2.05, 4.69) is 52.0 Å². The Morgan fingerprint density at radius 3 is 2.32 bits per heavy atom. The van der Waals surface area contributed by atoms with Crippen LogP contribution in [0.4, 0.5) is 11.4 Å². The molecule has 22 heavy (non-hydrogen) atoms. The summed E-state index contributed by atoms with van der Waals surface area (Å²) in [6.07, 6.45) is 3.09. The van der Waals surface area contributed by atoms with E-state index in [1.165, 1.54) is 22.3 Å². The Labute approximate surface area is 134 Å². The van der Waals surface area contributed by atoms with E-state index in [0.717, 1.165) is 36.2 Å². The fraction of sp³-hybridized carbons (Fsp3) is 0.400. The quantitative estimate of drug-likeness (QED) is 0.777. The standard InChI is InChI=1S/C20H28N2/c1-5-6-17-11-16(12-18(13(2)3)20(17)22)10-15-7-8-19(21)14(4)9-15/h7-9,11-13H,5-6,10,21-22H2,1-4H3. The van der Waals surface area contributed by atoms with E-state index in [0.29, 0.717) is 5.92 Å². The molecule has 0 aliphatic rings. The second-order valence-corrected chi connectivity index (χ2v) is 6.53. The summed E-state index contributed by atoms with van der Waals surface area (Å²) in [5.41, 5.74) is 20.5. The molecule has 0 saturated carbocycles. The first-order valence-electron chi connectivity index (χ1n) is 8.18. The number of nitrogen functional groups attached to an aromatic ring is 2. The zero-order chi connectivity index (χ0) is 16.3. The molecule has 4 N–H and O–H groups in total. The summed E-state index contributed by atoms with van der Waals surface area (Å²) in [5.74, 6) is 0.448. The Bertz CT molecular complexity index is 657. The molecule has 2 nitrogen and oxygen atoms in total. The van der Waals surface area contributed by atoms with Gasteiger partial charge in [-0.05, 0) is 59.6 Å². The van der Waals surface area contributed by atoms with Crippen LogP contribution in [0.3, 0.4) is 0 Å². The largest absolute Gasteiger partial charge is 0.399 e. The predicted octanol–water partition coefficient (Wildman–Crippen LogP) is 4.83. The highest BCUT2D eigenvalue weighted by atomic mass is 14.6. The summed E-state index contributed by atoms with van der Waals surface area (Å²) < 4.78 is 0. The molecule has 0 aromatic heterocycles. The van der Waals surface area contributed by atoms with Gasteiger partial charge in [-0.15, -0.1) is 0 Å². The molecule has 2 aromatic carbocycles. The van der Waals surface area contributed by atoms with Crippen LogP contribution in [0, 0.1) is 6.92 Å². The van der Waals surface area contributed by atoms with Gasteiger partial charge in [-0.3, -0.25) is 0 Å². The maximum absolute atomic E-state index is 6.36. The molecule has 0 amide bonds. The van der Waals surface area contributed by atoms with Crippen molar-refractivity contribution in [1.82, 2.24) is 0 Å². The summed E-state index contributed by atoms with van der Waals surface area (Å²) in [6.45, 7) is 8.67. The van der Waals surface area contributed by atoms with Gasteiger partial charge in [0.25, 0.3) is 0 Å². The van der Waals surface area contributed by atoms with E-state index >= 15 is 0 Å². The molecule has 0 unspecified atom stereocenters. The molecule has 0 atom stereocenters. The molecule has 118 valence electrons. The highest BCUT2D eigenvalue weighted by Crippen LogP contribution is 2.29. The number of hydrogen-bond acceptors (Lipinski definition) is 2. The van der Waals surface area contributed by atoms with Gasteiger partial charge in [0, 0.05) is 11.4 Å². The molecule has 0 spiro atoms. The van der Waals surface area contributed by atoms with Crippen molar-refractivity contribution in [3.05, 3.63) is 58.1 Å². The first kappa shape index (κ1) is 16.4. The smallest absolute Gasteiger partial charge is 0.0381 e. The molecular weight excluding hydrogens is 268 g/mol. The lowest BCUT2D eigenvalue weighted by molar-refractivity contribution is 0.854. The first-order valence-corrected chi connectivity index (χ1v) is 8.18. The van der Waals surface area contributed by atoms with Crippen molar-refractivity contribution in [3.8, 4) is 0 Å². The minimum Gasteiger partial charge on any atom is -0.399 e. The third kappa shape index (κ3) is 3.62. The van der Waals surface area contributed by atoms with Gasteiger partial charge in [-0.1, -0.05) is 51.5 Å². The Morgan fingerprint density at radius 2 is 1.73 bits per heavy atom. The fourth-order valence-electron chi connectivity index (χ4n) is 2.95. The topological polar surface area (TPSA) is 52.0 Å². The van der Waals surface area contributed by atoms with Crippen molar-refractivity contribution in [2.45, 2.75) is 52.9 Å². The Morgan fingerprint density at radius 1 is 1.00 bits per heavy atom. The minimum absolute atomic E-state index is 0.448. The van der Waals surface area contributed by atoms with Gasteiger partial charge in [-0.2, -0.15) is 0 Å². The second-order valence-electron chi connectivity index (χ2n) is 6.53. The zero-order valence-electron chi connectivity index (χ0n) is 14.2. The Kier molecular flexibility index (Phi) is 5.12. The normalized spacial score (nSPS) is 11.1. The Hall–Kier alpha value is -1.96. The third-order valence-electron chi connectivity index (χ3n) is 4.24. The number of benzene rings is 2. The molecule has 0 radical (unpaired) electrons. The minimum atomic E-state index is 0.448. The average molecular weight is 296 g/mol. The van der Waals surface area contributed by atoms with Gasteiger partial charge in [0.05, 0.1) is 0 Å². The van der Waals surface area contributed by atoms with E-state index in [4.69, 9.17) is 11.5 Å². The lowest BCUT2D eigenvalue weighted by atomic mass is 9.91. The molecule has 0 fully saturated rings. The molecule has 0 aliphatic heterocycles. The van der Waals surface area contributed by atoms with Crippen LogP contribution in [0.25, 0.3) is 0 Å². The van der Waals surface area contributed by atoms with E-state index < -0.39 is 0 Å². The van der Waals surface area contributed by atoms with Crippen LogP contribution < -0.4 is 11.5 Å². The monoisotopic (exact) mass is 296 g/mol. The lowest BCUT2D eigenvalue weighted by Gasteiger charge is -2.17. The van der Waals surface area contributed by atoms with Gasteiger partial charge >= 0.3 is 0 Å². The number of hydrogen-bond donors (Lipinski definition) is 2. The van der Waals surface area contributed by atoms with E-state index in [1.807, 2.05) is 6.07 Å². The van der Waals surface area contributed by atoms with Crippen molar-refractivity contribution in [3.63, 3.8) is 0 Å².